The monoisotopic (exact) mass is 352 g/mol. The van der Waals surface area contributed by atoms with E-state index >= 15 is 0 Å². The van der Waals surface area contributed by atoms with Crippen LogP contribution in [0, 0.1) is 0 Å². The molecule has 0 radical (unpaired) electrons. The van der Waals surface area contributed by atoms with Gasteiger partial charge in [-0.15, -0.1) is 0 Å². The predicted molar refractivity (Wildman–Crippen MR) is 102 cm³/mol. The van der Waals surface area contributed by atoms with Crippen LogP contribution in [0.3, 0.4) is 0 Å². The molecule has 2 bridgehead atoms. The van der Waals surface area contributed by atoms with Crippen LogP contribution in [-0.2, 0) is 11.4 Å². The van der Waals surface area contributed by atoms with E-state index in [1.54, 1.807) is 0 Å². The Morgan fingerprint density at radius 1 is 0.962 bits per heavy atom. The molecular weight excluding hydrogens is 326 g/mol. The summed E-state index contributed by atoms with van der Waals surface area (Å²) in [6, 6.07) is 17.7. The molecule has 5 nitrogen and oxygen atoms in total. The lowest BCUT2D eigenvalue weighted by molar-refractivity contribution is -0.933. The summed E-state index contributed by atoms with van der Waals surface area (Å²) in [5, 5.41) is 3.04. The van der Waals surface area contributed by atoms with Crippen molar-refractivity contribution < 1.29 is 14.0 Å². The number of hydrogen-bond donors (Lipinski definition) is 1. The fraction of sp³-hybridized carbons (Fsp3) is 0.381. The number of fused-ring (bicyclic) bond motifs is 3. The zero-order valence-corrected chi connectivity index (χ0v) is 15.1. The van der Waals surface area contributed by atoms with E-state index in [-0.39, 0.29) is 5.91 Å². The molecule has 3 saturated heterocycles. The number of nitrogens with one attached hydrogen (secondary N) is 1. The van der Waals surface area contributed by atoms with Gasteiger partial charge in [0.25, 0.3) is 5.91 Å². The van der Waals surface area contributed by atoms with Crippen molar-refractivity contribution in [1.82, 2.24) is 4.90 Å². The molecule has 0 unspecified atom stereocenters. The van der Waals surface area contributed by atoms with E-state index < -0.39 is 0 Å². The minimum Gasteiger partial charge on any atom is -0.489 e. The Morgan fingerprint density at radius 3 is 2.27 bits per heavy atom. The number of benzene rings is 2. The second kappa shape index (κ2) is 7.48. The summed E-state index contributed by atoms with van der Waals surface area (Å²) in [5.41, 5.74) is 1.97. The number of amides is 1. The van der Waals surface area contributed by atoms with Gasteiger partial charge in [-0.05, 0) is 29.8 Å². The Morgan fingerprint density at radius 2 is 1.62 bits per heavy atom. The minimum atomic E-state index is 0.110. The molecule has 0 spiro atoms. The van der Waals surface area contributed by atoms with Gasteiger partial charge in [-0.2, -0.15) is 0 Å². The predicted octanol–water partition coefficient (Wildman–Crippen LogP) is 2.35. The van der Waals surface area contributed by atoms with Crippen molar-refractivity contribution in [1.29, 1.82) is 0 Å². The van der Waals surface area contributed by atoms with Crippen LogP contribution < -0.4 is 10.1 Å². The van der Waals surface area contributed by atoms with Gasteiger partial charge in [0.15, 0.2) is 6.54 Å². The molecule has 3 heterocycles. The summed E-state index contributed by atoms with van der Waals surface area (Å²) in [6.45, 7) is 7.80. The molecule has 2 aromatic carbocycles. The van der Waals surface area contributed by atoms with E-state index in [0.717, 1.165) is 60.8 Å². The van der Waals surface area contributed by atoms with Crippen LogP contribution in [0.2, 0.25) is 0 Å². The van der Waals surface area contributed by atoms with Gasteiger partial charge < -0.3 is 14.5 Å². The molecule has 0 aromatic heterocycles. The number of anilines is 1. The summed E-state index contributed by atoms with van der Waals surface area (Å²) in [6.07, 6.45) is 0. The van der Waals surface area contributed by atoms with Gasteiger partial charge in [0.05, 0.1) is 19.6 Å². The molecule has 2 aromatic rings. The van der Waals surface area contributed by atoms with Crippen LogP contribution in [0.5, 0.6) is 5.75 Å². The Hall–Kier alpha value is -2.37. The van der Waals surface area contributed by atoms with E-state index in [0.29, 0.717) is 13.2 Å². The van der Waals surface area contributed by atoms with E-state index in [4.69, 9.17) is 4.74 Å². The number of nitrogens with zero attached hydrogens (tertiary/aromatic N) is 2. The van der Waals surface area contributed by atoms with Crippen LogP contribution >= 0.6 is 0 Å². The first-order valence-electron chi connectivity index (χ1n) is 9.35. The number of ether oxygens (including phenoxy) is 1. The Labute approximate surface area is 154 Å². The number of rotatable bonds is 6. The molecule has 3 aliphatic heterocycles. The van der Waals surface area contributed by atoms with E-state index in [1.807, 2.05) is 54.6 Å². The fourth-order valence-corrected chi connectivity index (χ4v) is 3.85. The lowest BCUT2D eigenvalue weighted by Gasteiger charge is -2.50. The van der Waals surface area contributed by atoms with Crippen molar-refractivity contribution in [2.75, 3.05) is 51.1 Å². The topological polar surface area (TPSA) is 41.6 Å². The van der Waals surface area contributed by atoms with Crippen molar-refractivity contribution in [2.24, 2.45) is 0 Å². The average molecular weight is 352 g/mol. The van der Waals surface area contributed by atoms with E-state index in [1.165, 1.54) is 0 Å². The Bertz CT molecular complexity index is 724. The summed E-state index contributed by atoms with van der Waals surface area (Å²) in [5.74, 6) is 0.916. The van der Waals surface area contributed by atoms with Crippen molar-refractivity contribution in [3.8, 4) is 5.75 Å². The second-order valence-electron chi connectivity index (χ2n) is 7.36. The summed E-state index contributed by atoms with van der Waals surface area (Å²) in [4.78, 5) is 15.0. The first-order valence-corrected chi connectivity index (χ1v) is 9.35. The van der Waals surface area contributed by atoms with Crippen LogP contribution in [0.15, 0.2) is 54.6 Å². The van der Waals surface area contributed by atoms with E-state index in [2.05, 4.69) is 10.2 Å². The quantitative estimate of drug-likeness (QED) is 0.812. The molecule has 0 atom stereocenters. The van der Waals surface area contributed by atoms with Gasteiger partial charge in [-0.1, -0.05) is 30.3 Å². The minimum absolute atomic E-state index is 0.110. The first kappa shape index (κ1) is 17.1. The molecule has 1 N–H and O–H groups in total. The van der Waals surface area contributed by atoms with Crippen molar-refractivity contribution >= 4 is 11.6 Å². The zero-order chi connectivity index (χ0) is 17.8. The number of quaternary nitrogens is 1. The maximum atomic E-state index is 12.5. The van der Waals surface area contributed by atoms with Crippen molar-refractivity contribution in [2.45, 2.75) is 6.61 Å². The molecule has 0 saturated carbocycles. The largest absolute Gasteiger partial charge is 0.489 e. The Balaban J connectivity index is 1.29. The maximum absolute atomic E-state index is 12.5. The van der Waals surface area contributed by atoms with Gasteiger partial charge in [-0.3, -0.25) is 9.69 Å². The lowest BCUT2D eigenvalue weighted by atomic mass is 10.1. The summed E-state index contributed by atoms with van der Waals surface area (Å²) < 4.78 is 6.74. The van der Waals surface area contributed by atoms with Crippen LogP contribution in [-0.4, -0.2) is 61.1 Å². The van der Waals surface area contributed by atoms with Gasteiger partial charge in [0.1, 0.15) is 12.4 Å². The second-order valence-corrected chi connectivity index (χ2v) is 7.36. The van der Waals surface area contributed by atoms with Crippen LogP contribution in [0.25, 0.3) is 0 Å². The molecule has 3 aliphatic rings. The smallest absolute Gasteiger partial charge is 0.279 e. The lowest BCUT2D eigenvalue weighted by Crippen LogP contribution is -2.68. The van der Waals surface area contributed by atoms with Gasteiger partial charge in [0.2, 0.25) is 0 Å². The molecule has 136 valence electrons. The molecule has 5 heteroatoms. The Kier molecular flexibility index (Phi) is 4.91. The highest BCUT2D eigenvalue weighted by atomic mass is 16.5. The fourth-order valence-electron chi connectivity index (χ4n) is 3.85. The third-order valence-electron chi connectivity index (χ3n) is 5.54. The highest BCUT2D eigenvalue weighted by molar-refractivity contribution is 5.91. The summed E-state index contributed by atoms with van der Waals surface area (Å²) in [7, 11) is 0. The van der Waals surface area contributed by atoms with E-state index in [9.17, 15) is 4.79 Å². The molecule has 26 heavy (non-hydrogen) atoms. The number of piperazine rings is 3. The van der Waals surface area contributed by atoms with Gasteiger partial charge in [0, 0.05) is 25.3 Å². The first-order chi connectivity index (χ1) is 12.7. The molecule has 0 aliphatic carbocycles. The molecule has 5 rings (SSSR count). The summed E-state index contributed by atoms with van der Waals surface area (Å²) >= 11 is 0. The third kappa shape index (κ3) is 4.06. The van der Waals surface area contributed by atoms with Gasteiger partial charge >= 0.3 is 0 Å². The van der Waals surface area contributed by atoms with Crippen LogP contribution in [0.4, 0.5) is 5.69 Å². The molecular formula is C21H26N3O2+. The molecule has 3 fully saturated rings. The zero-order valence-electron chi connectivity index (χ0n) is 15.1. The van der Waals surface area contributed by atoms with Gasteiger partial charge in [-0.25, -0.2) is 0 Å². The SMILES string of the molecule is O=C(C[N+]12CCN(CC1)CC2)Nc1ccc(OCc2ccccc2)cc1. The van der Waals surface area contributed by atoms with Crippen molar-refractivity contribution in [3.05, 3.63) is 60.2 Å². The van der Waals surface area contributed by atoms with Crippen LogP contribution in [0.1, 0.15) is 5.56 Å². The normalized spacial score (nSPS) is 24.2. The highest BCUT2D eigenvalue weighted by Crippen LogP contribution is 2.20. The number of hydrogen-bond acceptors (Lipinski definition) is 3. The number of carbonyl (C=O) groups is 1. The standard InChI is InChI=1S/C21H25N3O2/c25-21(16-24-13-10-23(11-14-24)12-15-24)22-19-6-8-20(9-7-19)26-17-18-4-2-1-3-5-18/h1-9H,10-17H2/p+1. The average Bonchev–Trinajstić information content (AvgIpc) is 2.69. The third-order valence-corrected chi connectivity index (χ3v) is 5.54. The van der Waals surface area contributed by atoms with Crippen molar-refractivity contribution in [3.63, 3.8) is 0 Å². The number of carbonyl (C=O) groups excluding carboxylic acids is 1. The molecule has 1 amide bonds. The maximum Gasteiger partial charge on any atom is 0.279 e. The highest BCUT2D eigenvalue weighted by Gasteiger charge is 2.39.